The van der Waals surface area contributed by atoms with Gasteiger partial charge in [-0.25, -0.2) is 4.79 Å². The summed E-state index contributed by atoms with van der Waals surface area (Å²) < 4.78 is 41.0. The highest BCUT2D eigenvalue weighted by atomic mass is 19.4. The summed E-state index contributed by atoms with van der Waals surface area (Å²) >= 11 is 0. The van der Waals surface area contributed by atoms with Gasteiger partial charge in [0.1, 0.15) is 5.75 Å². The molecule has 8 heteroatoms. The minimum atomic E-state index is -4.40. The summed E-state index contributed by atoms with van der Waals surface area (Å²) in [6.07, 6.45) is -3.82. The van der Waals surface area contributed by atoms with Gasteiger partial charge < -0.3 is 20.5 Å². The van der Waals surface area contributed by atoms with Gasteiger partial charge in [0.25, 0.3) is 0 Å². The molecular weight excluding hydrogens is 301 g/mol. The number of alkyl halides is 3. The van der Waals surface area contributed by atoms with Crippen molar-refractivity contribution in [1.29, 1.82) is 0 Å². The van der Waals surface area contributed by atoms with Crippen molar-refractivity contribution < 1.29 is 27.8 Å². The molecule has 0 saturated carbocycles. The Morgan fingerprint density at radius 3 is 2.59 bits per heavy atom. The van der Waals surface area contributed by atoms with Crippen molar-refractivity contribution in [3.8, 4) is 5.75 Å². The summed E-state index contributed by atoms with van der Waals surface area (Å²) in [5.41, 5.74) is 0.887. The molecule has 5 nitrogen and oxygen atoms in total. The molecule has 0 aromatic heterocycles. The number of carbonyl (C=O) groups is 1. The zero-order valence-corrected chi connectivity index (χ0v) is 12.3. The van der Waals surface area contributed by atoms with Gasteiger partial charge in [0, 0.05) is 5.69 Å². The largest absolute Gasteiger partial charge is 0.484 e. The molecule has 3 N–H and O–H groups in total. The van der Waals surface area contributed by atoms with Gasteiger partial charge >= 0.3 is 12.2 Å². The summed E-state index contributed by atoms with van der Waals surface area (Å²) in [6, 6.07) is 3.46. The first kappa shape index (κ1) is 18.1. The fourth-order valence-electron chi connectivity index (χ4n) is 1.68. The van der Waals surface area contributed by atoms with Crippen molar-refractivity contribution in [1.82, 2.24) is 5.32 Å². The van der Waals surface area contributed by atoms with E-state index in [0.717, 1.165) is 0 Å². The maximum atomic E-state index is 12.1. The van der Waals surface area contributed by atoms with Gasteiger partial charge in [0.2, 0.25) is 0 Å². The van der Waals surface area contributed by atoms with Gasteiger partial charge in [-0.3, -0.25) is 0 Å². The number of benzene rings is 1. The normalized spacial score (nSPS) is 12.6. The molecule has 1 aromatic rings. The van der Waals surface area contributed by atoms with Crippen molar-refractivity contribution in [2.24, 2.45) is 0 Å². The first-order chi connectivity index (χ1) is 10.2. The van der Waals surface area contributed by atoms with Gasteiger partial charge in [-0.1, -0.05) is 6.92 Å². The third kappa shape index (κ3) is 6.21. The molecule has 0 unspecified atom stereocenters. The van der Waals surface area contributed by atoms with Crippen LogP contribution in [0.25, 0.3) is 0 Å². The molecule has 0 saturated heterocycles. The minimum Gasteiger partial charge on any atom is -0.484 e. The molecule has 0 aliphatic carbocycles. The molecule has 1 rings (SSSR count). The SMILES string of the molecule is CC[C@@H](CO)NC(=O)Nc1ccc(OCC(F)(F)F)c(C)c1. The predicted octanol–water partition coefficient (Wildman–Crippen LogP) is 2.83. The van der Waals surface area contributed by atoms with Gasteiger partial charge in [-0.15, -0.1) is 0 Å². The Hall–Kier alpha value is -1.96. The zero-order valence-electron chi connectivity index (χ0n) is 12.3. The van der Waals surface area contributed by atoms with Crippen molar-refractivity contribution in [3.05, 3.63) is 23.8 Å². The van der Waals surface area contributed by atoms with E-state index >= 15 is 0 Å². The lowest BCUT2D eigenvalue weighted by molar-refractivity contribution is -0.153. The number of nitrogens with one attached hydrogen (secondary N) is 2. The van der Waals surface area contributed by atoms with Crippen LogP contribution in [-0.2, 0) is 0 Å². The van der Waals surface area contributed by atoms with E-state index in [-0.39, 0.29) is 18.4 Å². The smallest absolute Gasteiger partial charge is 0.422 e. The van der Waals surface area contributed by atoms with Crippen molar-refractivity contribution >= 4 is 11.7 Å². The van der Waals surface area contributed by atoms with Crippen molar-refractivity contribution in [2.45, 2.75) is 32.5 Å². The molecule has 22 heavy (non-hydrogen) atoms. The Balaban J connectivity index is 2.63. The molecule has 2 amide bonds. The highest BCUT2D eigenvalue weighted by Crippen LogP contribution is 2.24. The van der Waals surface area contributed by atoms with Gasteiger partial charge in [-0.2, -0.15) is 13.2 Å². The molecular formula is C14H19F3N2O3. The van der Waals surface area contributed by atoms with Crippen molar-refractivity contribution in [2.75, 3.05) is 18.5 Å². The Bertz CT molecular complexity index is 503. The van der Waals surface area contributed by atoms with Crippen molar-refractivity contribution in [3.63, 3.8) is 0 Å². The third-order valence-corrected chi connectivity index (χ3v) is 2.87. The van der Waals surface area contributed by atoms with Gasteiger partial charge in [0.15, 0.2) is 6.61 Å². The van der Waals surface area contributed by atoms with Gasteiger partial charge in [0.05, 0.1) is 12.6 Å². The minimum absolute atomic E-state index is 0.102. The molecule has 0 heterocycles. The molecule has 0 spiro atoms. The summed E-state index contributed by atoms with van der Waals surface area (Å²) in [6.45, 7) is 1.86. The number of hydrogen-bond donors (Lipinski definition) is 3. The molecule has 124 valence electrons. The fourth-order valence-corrected chi connectivity index (χ4v) is 1.68. The number of aliphatic hydroxyl groups excluding tert-OH is 1. The third-order valence-electron chi connectivity index (χ3n) is 2.87. The number of carbonyl (C=O) groups excluding carboxylic acids is 1. The van der Waals surface area contributed by atoms with E-state index in [4.69, 9.17) is 5.11 Å². The maximum absolute atomic E-state index is 12.1. The van der Waals surface area contributed by atoms with Crippen LogP contribution in [0.15, 0.2) is 18.2 Å². The molecule has 0 aliphatic heterocycles. The monoisotopic (exact) mass is 320 g/mol. The molecule has 0 aliphatic rings. The number of hydrogen-bond acceptors (Lipinski definition) is 3. The van der Waals surface area contributed by atoms with E-state index in [1.165, 1.54) is 18.2 Å². The summed E-state index contributed by atoms with van der Waals surface area (Å²) in [4.78, 5) is 11.7. The van der Waals surface area contributed by atoms with Crippen LogP contribution >= 0.6 is 0 Å². The van der Waals surface area contributed by atoms with E-state index in [1.54, 1.807) is 6.92 Å². The zero-order chi connectivity index (χ0) is 16.8. The van der Waals surface area contributed by atoms with Crippen LogP contribution in [0.4, 0.5) is 23.7 Å². The number of amides is 2. The van der Waals surface area contributed by atoms with Crippen LogP contribution in [0.3, 0.4) is 0 Å². The maximum Gasteiger partial charge on any atom is 0.422 e. The van der Waals surface area contributed by atoms with Crippen LogP contribution < -0.4 is 15.4 Å². The first-order valence-corrected chi connectivity index (χ1v) is 6.73. The predicted molar refractivity (Wildman–Crippen MR) is 76.0 cm³/mol. The average molecular weight is 320 g/mol. The number of aliphatic hydroxyl groups is 1. The van der Waals surface area contributed by atoms with Crippen LogP contribution in [-0.4, -0.2) is 36.6 Å². The fraction of sp³-hybridized carbons (Fsp3) is 0.500. The van der Waals surface area contributed by atoms with E-state index in [9.17, 15) is 18.0 Å². The van der Waals surface area contributed by atoms with E-state index < -0.39 is 18.8 Å². The number of urea groups is 1. The van der Waals surface area contributed by atoms with Crippen LogP contribution in [0.2, 0.25) is 0 Å². The highest BCUT2D eigenvalue weighted by molar-refractivity contribution is 5.89. The standard InChI is InChI=1S/C14H19F3N2O3/c1-3-10(7-20)18-13(21)19-11-4-5-12(9(2)6-11)22-8-14(15,16)17/h4-6,10,20H,3,7-8H2,1-2H3,(H2,18,19,21)/t10-/m0/s1. The molecule has 0 fully saturated rings. The lowest BCUT2D eigenvalue weighted by Crippen LogP contribution is -2.39. The Kier molecular flexibility index (Phi) is 6.48. The number of aryl methyl sites for hydroxylation is 1. The molecule has 1 aromatic carbocycles. The van der Waals surface area contributed by atoms with E-state index in [1.807, 2.05) is 6.92 Å². The molecule has 0 radical (unpaired) electrons. The summed E-state index contributed by atoms with van der Waals surface area (Å²) in [5, 5.41) is 14.1. The highest BCUT2D eigenvalue weighted by Gasteiger charge is 2.28. The first-order valence-electron chi connectivity index (χ1n) is 6.73. The Labute approximate surface area is 126 Å². The second-order valence-corrected chi connectivity index (χ2v) is 4.77. The van der Waals surface area contributed by atoms with Crippen LogP contribution in [0.1, 0.15) is 18.9 Å². The molecule has 0 bridgehead atoms. The van der Waals surface area contributed by atoms with E-state index in [0.29, 0.717) is 17.7 Å². The second-order valence-electron chi connectivity index (χ2n) is 4.77. The number of rotatable bonds is 6. The second kappa shape index (κ2) is 7.88. The number of anilines is 1. The van der Waals surface area contributed by atoms with Crippen LogP contribution in [0.5, 0.6) is 5.75 Å². The Morgan fingerprint density at radius 1 is 1.41 bits per heavy atom. The number of ether oxygens (including phenoxy) is 1. The quantitative estimate of drug-likeness (QED) is 0.755. The van der Waals surface area contributed by atoms with Gasteiger partial charge in [-0.05, 0) is 37.1 Å². The topological polar surface area (TPSA) is 70.6 Å². The summed E-state index contributed by atoms with van der Waals surface area (Å²) in [5.74, 6) is 0.102. The van der Waals surface area contributed by atoms with Crippen LogP contribution in [0, 0.1) is 6.92 Å². The lowest BCUT2D eigenvalue weighted by atomic mass is 10.2. The van der Waals surface area contributed by atoms with E-state index in [2.05, 4.69) is 15.4 Å². The Morgan fingerprint density at radius 2 is 2.09 bits per heavy atom. The lowest BCUT2D eigenvalue weighted by Gasteiger charge is -2.16. The summed E-state index contributed by atoms with van der Waals surface area (Å²) in [7, 11) is 0. The number of halogens is 3. The molecule has 1 atom stereocenters. The average Bonchev–Trinajstić information content (AvgIpc) is 2.42.